The van der Waals surface area contributed by atoms with E-state index in [2.05, 4.69) is 0 Å². The third kappa shape index (κ3) is 4.18. The van der Waals surface area contributed by atoms with Crippen molar-refractivity contribution >= 4 is 17.8 Å². The molecule has 1 aliphatic heterocycles. The van der Waals surface area contributed by atoms with E-state index >= 15 is 0 Å². The second kappa shape index (κ2) is 6.52. The molecule has 0 aromatic heterocycles. The second-order valence-electron chi connectivity index (χ2n) is 6.99. The molecule has 124 valence electrons. The first-order valence-electron chi connectivity index (χ1n) is 7.86. The summed E-state index contributed by atoms with van der Waals surface area (Å²) in [5.74, 6) is -0.730. The van der Waals surface area contributed by atoms with Crippen LogP contribution in [0.3, 0.4) is 0 Å². The van der Waals surface area contributed by atoms with Crippen molar-refractivity contribution in [2.75, 3.05) is 6.54 Å². The van der Waals surface area contributed by atoms with E-state index in [1.807, 2.05) is 27.7 Å². The highest BCUT2D eigenvalue weighted by atomic mass is 16.6. The molecule has 2 amide bonds. The van der Waals surface area contributed by atoms with Crippen molar-refractivity contribution in [3.63, 3.8) is 0 Å². The lowest BCUT2D eigenvalue weighted by molar-refractivity contribution is -0.155. The van der Waals surface area contributed by atoms with Gasteiger partial charge in [-0.3, -0.25) is 19.3 Å². The van der Waals surface area contributed by atoms with Gasteiger partial charge in [-0.2, -0.15) is 0 Å². The summed E-state index contributed by atoms with van der Waals surface area (Å²) in [5.41, 5.74) is 0.411. The van der Waals surface area contributed by atoms with Crippen LogP contribution in [0.25, 0.3) is 0 Å². The van der Waals surface area contributed by atoms with Crippen molar-refractivity contribution < 1.29 is 19.1 Å². The molecule has 2 rings (SSSR count). The fraction of sp³-hybridized carbons (Fsp3) is 0.500. The molecule has 0 aliphatic carbocycles. The number of benzene rings is 1. The number of amides is 2. The molecular formula is C18H23NO4. The molecule has 5 nitrogen and oxygen atoms in total. The summed E-state index contributed by atoms with van der Waals surface area (Å²) in [6.45, 7) is 7.72. The van der Waals surface area contributed by atoms with Gasteiger partial charge >= 0.3 is 5.97 Å². The zero-order chi connectivity index (χ0) is 17.2. The Balaban J connectivity index is 1.89. The Morgan fingerprint density at radius 3 is 2.13 bits per heavy atom. The van der Waals surface area contributed by atoms with E-state index in [0.717, 1.165) is 0 Å². The molecule has 0 saturated heterocycles. The first-order valence-corrected chi connectivity index (χ1v) is 7.86. The molecule has 0 spiro atoms. The summed E-state index contributed by atoms with van der Waals surface area (Å²) in [5, 5.41) is 0. The highest BCUT2D eigenvalue weighted by Gasteiger charge is 2.34. The molecule has 1 atom stereocenters. The monoisotopic (exact) mass is 317 g/mol. The lowest BCUT2D eigenvalue weighted by atomic mass is 10.0. The van der Waals surface area contributed by atoms with E-state index in [-0.39, 0.29) is 30.1 Å². The quantitative estimate of drug-likeness (QED) is 0.618. The van der Waals surface area contributed by atoms with Crippen LogP contribution < -0.4 is 0 Å². The molecule has 0 bridgehead atoms. The predicted molar refractivity (Wildman–Crippen MR) is 86.1 cm³/mol. The van der Waals surface area contributed by atoms with Crippen molar-refractivity contribution in [1.29, 1.82) is 0 Å². The van der Waals surface area contributed by atoms with Gasteiger partial charge in [-0.1, -0.05) is 19.1 Å². The van der Waals surface area contributed by atoms with E-state index in [0.29, 0.717) is 24.1 Å². The van der Waals surface area contributed by atoms with Gasteiger partial charge in [0.15, 0.2) is 0 Å². The molecule has 0 radical (unpaired) electrons. The topological polar surface area (TPSA) is 63.7 Å². The maximum absolute atomic E-state index is 12.2. The maximum Gasteiger partial charge on any atom is 0.306 e. The number of esters is 1. The van der Waals surface area contributed by atoms with Gasteiger partial charge in [-0.25, -0.2) is 0 Å². The number of rotatable bonds is 5. The summed E-state index contributed by atoms with van der Waals surface area (Å²) in [4.78, 5) is 37.5. The minimum Gasteiger partial charge on any atom is -0.460 e. The van der Waals surface area contributed by atoms with E-state index < -0.39 is 5.60 Å². The van der Waals surface area contributed by atoms with Crippen LogP contribution in [-0.4, -0.2) is 34.8 Å². The van der Waals surface area contributed by atoms with Gasteiger partial charge < -0.3 is 4.74 Å². The highest BCUT2D eigenvalue weighted by Crippen LogP contribution is 2.23. The largest absolute Gasteiger partial charge is 0.460 e. The number of carbonyl (C=O) groups is 3. The van der Waals surface area contributed by atoms with Crippen molar-refractivity contribution in [1.82, 2.24) is 4.90 Å². The standard InChI is InChI=1S/C18H23NO4/c1-12(11-15(20)23-18(2,3)4)9-10-19-16(21)13-7-5-6-8-14(13)17(19)22/h5-8,12H,9-11H2,1-4H3/t12-/m0/s1. The van der Waals surface area contributed by atoms with Crippen LogP contribution in [0.15, 0.2) is 24.3 Å². The summed E-state index contributed by atoms with van der Waals surface area (Å²) in [7, 11) is 0. The minimum atomic E-state index is -0.501. The van der Waals surface area contributed by atoms with Gasteiger partial charge in [-0.15, -0.1) is 0 Å². The molecule has 0 unspecified atom stereocenters. The molecule has 1 aromatic rings. The first-order chi connectivity index (χ1) is 10.7. The van der Waals surface area contributed by atoms with Gasteiger partial charge in [0, 0.05) is 13.0 Å². The maximum atomic E-state index is 12.2. The molecular weight excluding hydrogens is 294 g/mol. The molecule has 1 aliphatic rings. The number of nitrogens with zero attached hydrogens (tertiary/aromatic N) is 1. The molecule has 5 heteroatoms. The second-order valence-corrected chi connectivity index (χ2v) is 6.99. The van der Waals surface area contributed by atoms with E-state index in [1.54, 1.807) is 24.3 Å². The van der Waals surface area contributed by atoms with E-state index in [9.17, 15) is 14.4 Å². The Hall–Kier alpha value is -2.17. The fourth-order valence-electron chi connectivity index (χ4n) is 2.56. The molecule has 1 aromatic carbocycles. The Bertz CT molecular complexity index is 595. The fourth-order valence-corrected chi connectivity index (χ4v) is 2.56. The van der Waals surface area contributed by atoms with Gasteiger partial charge in [0.05, 0.1) is 11.1 Å². The van der Waals surface area contributed by atoms with Gasteiger partial charge in [0.25, 0.3) is 11.8 Å². The molecule has 23 heavy (non-hydrogen) atoms. The Labute approximate surface area is 136 Å². The number of hydrogen-bond donors (Lipinski definition) is 0. The minimum absolute atomic E-state index is 0.0363. The number of fused-ring (bicyclic) bond motifs is 1. The summed E-state index contributed by atoms with van der Waals surface area (Å²) < 4.78 is 5.29. The first kappa shape index (κ1) is 17.2. The van der Waals surface area contributed by atoms with Gasteiger partial charge in [-0.05, 0) is 45.2 Å². The Kier molecular flexibility index (Phi) is 4.88. The lowest BCUT2D eigenvalue weighted by Gasteiger charge is -2.21. The van der Waals surface area contributed by atoms with Crippen molar-refractivity contribution in [2.45, 2.75) is 46.1 Å². The molecule has 0 N–H and O–H groups in total. The number of ether oxygens (including phenoxy) is 1. The van der Waals surface area contributed by atoms with Crippen molar-refractivity contribution in [3.8, 4) is 0 Å². The van der Waals surface area contributed by atoms with Crippen LogP contribution in [0.1, 0.15) is 61.3 Å². The third-order valence-corrected chi connectivity index (χ3v) is 3.66. The van der Waals surface area contributed by atoms with Crippen molar-refractivity contribution in [3.05, 3.63) is 35.4 Å². The number of carbonyl (C=O) groups excluding carboxylic acids is 3. The summed E-state index contributed by atoms with van der Waals surface area (Å²) in [6.07, 6.45) is 0.852. The van der Waals surface area contributed by atoms with Crippen LogP contribution >= 0.6 is 0 Å². The van der Waals surface area contributed by atoms with Crippen molar-refractivity contribution in [2.24, 2.45) is 5.92 Å². The lowest BCUT2D eigenvalue weighted by Crippen LogP contribution is -2.32. The van der Waals surface area contributed by atoms with Crippen LogP contribution in [0.2, 0.25) is 0 Å². The predicted octanol–water partition coefficient (Wildman–Crippen LogP) is 3.04. The smallest absolute Gasteiger partial charge is 0.306 e. The Morgan fingerprint density at radius 1 is 1.13 bits per heavy atom. The average Bonchev–Trinajstić information content (AvgIpc) is 2.67. The SMILES string of the molecule is C[C@@H](CCN1C(=O)c2ccccc2C1=O)CC(=O)OC(C)(C)C. The van der Waals surface area contributed by atoms with Crippen LogP contribution in [0.5, 0.6) is 0 Å². The zero-order valence-electron chi connectivity index (χ0n) is 14.1. The van der Waals surface area contributed by atoms with E-state index in [4.69, 9.17) is 4.74 Å². The zero-order valence-corrected chi connectivity index (χ0v) is 14.1. The van der Waals surface area contributed by atoms with Gasteiger partial charge in [0.1, 0.15) is 5.60 Å². The average molecular weight is 317 g/mol. The summed E-state index contributed by atoms with van der Waals surface area (Å²) >= 11 is 0. The van der Waals surface area contributed by atoms with E-state index in [1.165, 1.54) is 4.90 Å². The molecule has 1 heterocycles. The molecule has 0 saturated carbocycles. The summed E-state index contributed by atoms with van der Waals surface area (Å²) in [6, 6.07) is 6.83. The number of hydrogen-bond acceptors (Lipinski definition) is 4. The highest BCUT2D eigenvalue weighted by molar-refractivity contribution is 6.21. The van der Waals surface area contributed by atoms with Crippen LogP contribution in [-0.2, 0) is 9.53 Å². The molecule has 0 fully saturated rings. The normalized spacial score (nSPS) is 15.6. The van der Waals surface area contributed by atoms with Gasteiger partial charge in [0.2, 0.25) is 0 Å². The number of imide groups is 1. The van der Waals surface area contributed by atoms with Crippen LogP contribution in [0, 0.1) is 5.92 Å². The third-order valence-electron chi connectivity index (χ3n) is 3.66. The Morgan fingerprint density at radius 2 is 1.65 bits per heavy atom. The van der Waals surface area contributed by atoms with Crippen LogP contribution in [0.4, 0.5) is 0 Å².